The van der Waals surface area contributed by atoms with Gasteiger partial charge in [0.25, 0.3) is 0 Å². The summed E-state index contributed by atoms with van der Waals surface area (Å²) in [6, 6.07) is 12.3. The molecule has 1 atom stereocenters. The highest BCUT2D eigenvalue weighted by Crippen LogP contribution is 2.45. The molecule has 10 heteroatoms. The fraction of sp³-hybridized carbons (Fsp3) is 0.292. The lowest BCUT2D eigenvalue weighted by Gasteiger charge is -2.31. The van der Waals surface area contributed by atoms with Crippen LogP contribution in [0.25, 0.3) is 11.3 Å². The number of hydrogen-bond donors (Lipinski definition) is 0. The van der Waals surface area contributed by atoms with E-state index < -0.39 is 12.2 Å². The van der Waals surface area contributed by atoms with Crippen molar-refractivity contribution in [3.63, 3.8) is 0 Å². The van der Waals surface area contributed by atoms with Crippen molar-refractivity contribution < 1.29 is 23.8 Å². The predicted molar refractivity (Wildman–Crippen MR) is 127 cm³/mol. The Balaban J connectivity index is 1.99. The fourth-order valence-electron chi connectivity index (χ4n) is 3.58. The number of amides is 1. The number of benzene rings is 2. The summed E-state index contributed by atoms with van der Waals surface area (Å²) in [5.41, 5.74) is 2.10. The summed E-state index contributed by atoms with van der Waals surface area (Å²) in [6.45, 7) is 3.48. The Morgan fingerprint density at radius 2 is 1.91 bits per heavy atom. The highest BCUT2D eigenvalue weighted by atomic mass is 32.2. The Hall–Kier alpha value is -3.66. The van der Waals surface area contributed by atoms with Crippen LogP contribution in [0.3, 0.4) is 0 Å². The summed E-state index contributed by atoms with van der Waals surface area (Å²) >= 11 is 1.32. The summed E-state index contributed by atoms with van der Waals surface area (Å²) in [6.07, 6.45) is 1.24. The minimum atomic E-state index is -1.00. The number of carbonyl (C=O) groups is 2. The Labute approximate surface area is 201 Å². The SMILES string of the molecule is CCC(=O)Oc1ccc(OC)cc1[C@H]1Oc2nc(SC)nnc2-c2ccccc2N1C(=O)CC. The van der Waals surface area contributed by atoms with Gasteiger partial charge in [-0.1, -0.05) is 43.8 Å². The molecule has 9 nitrogen and oxygen atoms in total. The highest BCUT2D eigenvalue weighted by molar-refractivity contribution is 7.98. The lowest BCUT2D eigenvalue weighted by molar-refractivity contribution is -0.134. The first-order chi connectivity index (χ1) is 16.5. The maximum absolute atomic E-state index is 13.3. The topological polar surface area (TPSA) is 104 Å². The Morgan fingerprint density at radius 3 is 2.62 bits per heavy atom. The van der Waals surface area contributed by atoms with Gasteiger partial charge in [-0.15, -0.1) is 10.2 Å². The van der Waals surface area contributed by atoms with Crippen molar-refractivity contribution in [1.29, 1.82) is 0 Å². The molecular weight excluding hydrogens is 456 g/mol. The average molecular weight is 481 g/mol. The lowest BCUT2D eigenvalue weighted by Crippen LogP contribution is -2.37. The normalized spacial score (nSPS) is 14.4. The van der Waals surface area contributed by atoms with Gasteiger partial charge < -0.3 is 14.2 Å². The van der Waals surface area contributed by atoms with Crippen molar-refractivity contribution in [3.8, 4) is 28.6 Å². The van der Waals surface area contributed by atoms with E-state index in [1.165, 1.54) is 23.8 Å². The van der Waals surface area contributed by atoms with Gasteiger partial charge in [-0.2, -0.15) is 4.98 Å². The van der Waals surface area contributed by atoms with Crippen LogP contribution in [-0.2, 0) is 9.59 Å². The van der Waals surface area contributed by atoms with Crippen molar-refractivity contribution in [2.75, 3.05) is 18.3 Å². The number of esters is 1. The van der Waals surface area contributed by atoms with Gasteiger partial charge in [0.05, 0.1) is 18.4 Å². The number of nitrogens with zero attached hydrogens (tertiary/aromatic N) is 4. The van der Waals surface area contributed by atoms with Gasteiger partial charge >= 0.3 is 5.97 Å². The average Bonchev–Trinajstić information content (AvgIpc) is 3.02. The van der Waals surface area contributed by atoms with Gasteiger partial charge in [-0.3, -0.25) is 14.5 Å². The minimum Gasteiger partial charge on any atom is -0.497 e. The number of aromatic nitrogens is 3. The van der Waals surface area contributed by atoms with E-state index in [0.717, 1.165) is 0 Å². The highest BCUT2D eigenvalue weighted by Gasteiger charge is 2.37. The summed E-state index contributed by atoms with van der Waals surface area (Å²) in [5.74, 6) is 0.391. The Morgan fingerprint density at radius 1 is 1.12 bits per heavy atom. The predicted octanol–water partition coefficient (Wildman–Crippen LogP) is 4.42. The molecule has 1 aliphatic rings. The second kappa shape index (κ2) is 10.1. The molecule has 1 aliphatic heterocycles. The summed E-state index contributed by atoms with van der Waals surface area (Å²) in [7, 11) is 1.53. The maximum atomic E-state index is 13.3. The maximum Gasteiger partial charge on any atom is 0.310 e. The molecule has 2 aromatic carbocycles. The van der Waals surface area contributed by atoms with Gasteiger partial charge in [0.2, 0.25) is 23.2 Å². The third kappa shape index (κ3) is 4.41. The summed E-state index contributed by atoms with van der Waals surface area (Å²) < 4.78 is 17.4. The molecule has 0 spiro atoms. The molecule has 0 saturated heterocycles. The zero-order valence-electron chi connectivity index (χ0n) is 19.3. The number of ether oxygens (including phenoxy) is 3. The van der Waals surface area contributed by atoms with Crippen molar-refractivity contribution >= 4 is 29.3 Å². The van der Waals surface area contributed by atoms with Crippen LogP contribution in [0.1, 0.15) is 38.5 Å². The molecule has 0 bridgehead atoms. The molecule has 0 unspecified atom stereocenters. The van der Waals surface area contributed by atoms with Crippen molar-refractivity contribution in [1.82, 2.24) is 15.2 Å². The van der Waals surface area contributed by atoms with E-state index in [0.29, 0.717) is 33.4 Å². The molecule has 0 radical (unpaired) electrons. The van der Waals surface area contributed by atoms with Crippen LogP contribution >= 0.6 is 11.8 Å². The van der Waals surface area contributed by atoms with Gasteiger partial charge in [0.1, 0.15) is 11.5 Å². The molecule has 0 fully saturated rings. The molecule has 0 saturated carbocycles. The molecule has 34 heavy (non-hydrogen) atoms. The van der Waals surface area contributed by atoms with Gasteiger partial charge in [-0.25, -0.2) is 0 Å². The van der Waals surface area contributed by atoms with E-state index in [4.69, 9.17) is 14.2 Å². The van der Waals surface area contributed by atoms with E-state index in [2.05, 4.69) is 15.2 Å². The zero-order valence-corrected chi connectivity index (χ0v) is 20.1. The number of rotatable bonds is 6. The minimum absolute atomic E-state index is 0.189. The number of hydrogen-bond acceptors (Lipinski definition) is 9. The lowest BCUT2D eigenvalue weighted by atomic mass is 10.1. The largest absolute Gasteiger partial charge is 0.497 e. The smallest absolute Gasteiger partial charge is 0.310 e. The molecular formula is C24H24N4O5S. The first kappa shape index (κ1) is 23.5. The van der Waals surface area contributed by atoms with Crippen LogP contribution in [0.4, 0.5) is 5.69 Å². The van der Waals surface area contributed by atoms with E-state index in [1.807, 2.05) is 30.5 Å². The molecule has 0 N–H and O–H groups in total. The van der Waals surface area contributed by atoms with Gasteiger partial charge in [0, 0.05) is 18.4 Å². The second-order valence-electron chi connectivity index (χ2n) is 7.29. The van der Waals surface area contributed by atoms with Crippen LogP contribution in [0, 0.1) is 0 Å². The number of carbonyl (C=O) groups excluding carboxylic acids is 2. The molecule has 1 aromatic heterocycles. The quantitative estimate of drug-likeness (QED) is 0.288. The van der Waals surface area contributed by atoms with E-state index in [1.54, 1.807) is 32.0 Å². The standard InChI is InChI=1S/C24H24N4O5S/c1-5-19(29)28-17-10-8-7-9-15(17)21-22(25-24(34-4)27-26-21)33-23(28)16-13-14(31-3)11-12-18(16)32-20(30)6-2/h7-13,23H,5-6H2,1-4H3/t23-/m1/s1. The molecule has 0 aliphatic carbocycles. The van der Waals surface area contributed by atoms with E-state index in [9.17, 15) is 9.59 Å². The number of methoxy groups -OCH3 is 1. The van der Waals surface area contributed by atoms with Crippen LogP contribution in [0.5, 0.6) is 17.4 Å². The number of fused-ring (bicyclic) bond motifs is 3. The van der Waals surface area contributed by atoms with Crippen molar-refractivity contribution in [2.24, 2.45) is 0 Å². The van der Waals surface area contributed by atoms with E-state index in [-0.39, 0.29) is 30.4 Å². The van der Waals surface area contributed by atoms with Crippen molar-refractivity contribution in [2.45, 2.75) is 38.1 Å². The first-order valence-corrected chi connectivity index (χ1v) is 12.0. The van der Waals surface area contributed by atoms with E-state index >= 15 is 0 Å². The van der Waals surface area contributed by atoms with Crippen LogP contribution in [0.15, 0.2) is 47.6 Å². The zero-order chi connectivity index (χ0) is 24.2. The van der Waals surface area contributed by atoms with Crippen LogP contribution < -0.4 is 19.1 Å². The second-order valence-corrected chi connectivity index (χ2v) is 8.06. The monoisotopic (exact) mass is 480 g/mol. The third-order valence-electron chi connectivity index (χ3n) is 5.26. The van der Waals surface area contributed by atoms with Crippen LogP contribution in [0.2, 0.25) is 0 Å². The number of thioether (sulfide) groups is 1. The van der Waals surface area contributed by atoms with Gasteiger partial charge in [-0.05, 0) is 30.5 Å². The molecule has 2 heterocycles. The van der Waals surface area contributed by atoms with Crippen LogP contribution in [-0.4, -0.2) is 40.4 Å². The summed E-state index contributed by atoms with van der Waals surface area (Å²) in [4.78, 5) is 31.6. The molecule has 1 amide bonds. The van der Waals surface area contributed by atoms with Crippen molar-refractivity contribution in [3.05, 3.63) is 48.0 Å². The molecule has 176 valence electrons. The van der Waals surface area contributed by atoms with Gasteiger partial charge in [0.15, 0.2) is 5.69 Å². The fourth-order valence-corrected chi connectivity index (χ4v) is 3.87. The molecule has 3 aromatic rings. The Kier molecular flexibility index (Phi) is 6.97. The Bertz CT molecular complexity index is 1240. The first-order valence-electron chi connectivity index (χ1n) is 10.8. The number of para-hydroxylation sites is 1. The summed E-state index contributed by atoms with van der Waals surface area (Å²) in [5, 5.41) is 8.94. The third-order valence-corrected chi connectivity index (χ3v) is 5.80. The molecule has 4 rings (SSSR count). The number of anilines is 1.